The third-order valence-corrected chi connectivity index (χ3v) is 5.36. The molecule has 0 bridgehead atoms. The second-order valence-electron chi connectivity index (χ2n) is 7.14. The van der Waals surface area contributed by atoms with Gasteiger partial charge in [0.2, 0.25) is 0 Å². The fourth-order valence-electron chi connectivity index (χ4n) is 3.92. The van der Waals surface area contributed by atoms with E-state index in [1.54, 1.807) is 7.11 Å². The van der Waals surface area contributed by atoms with Gasteiger partial charge in [-0.25, -0.2) is 4.79 Å². The summed E-state index contributed by atoms with van der Waals surface area (Å²) in [6, 6.07) is 8.24. The molecule has 0 aliphatic carbocycles. The minimum absolute atomic E-state index is 0.107. The summed E-state index contributed by atoms with van der Waals surface area (Å²) in [7, 11) is 1.68. The molecule has 5 heteroatoms. The maximum absolute atomic E-state index is 12.4. The molecule has 1 aromatic carbocycles. The molecule has 1 aromatic rings. The molecular formula is C19H29N3O2. The van der Waals surface area contributed by atoms with E-state index < -0.39 is 0 Å². The molecule has 0 saturated carbocycles. The summed E-state index contributed by atoms with van der Waals surface area (Å²) >= 11 is 0. The standard InChI is InChI=1S/C19H29N3O2/c1-24-17-7-5-16(6-8-17)4-2-11-21-18(23)22-13-3-9-19(15-22)10-12-20-14-19/h5-8,20H,2-4,9-15H2,1H3,(H,21,23)/t19-/m1/s1. The van der Waals surface area contributed by atoms with Gasteiger partial charge in [-0.1, -0.05) is 12.1 Å². The zero-order chi connectivity index (χ0) is 16.8. The number of aryl methyl sites for hydroxylation is 1. The van der Waals surface area contributed by atoms with Gasteiger partial charge >= 0.3 is 6.03 Å². The Kier molecular flexibility index (Phi) is 5.61. The number of rotatable bonds is 5. The Labute approximate surface area is 144 Å². The third-order valence-electron chi connectivity index (χ3n) is 5.36. The molecule has 132 valence electrons. The van der Waals surface area contributed by atoms with Crippen LogP contribution in [0.25, 0.3) is 0 Å². The van der Waals surface area contributed by atoms with Crippen LogP contribution in [-0.4, -0.2) is 50.8 Å². The van der Waals surface area contributed by atoms with Crippen LogP contribution in [0.2, 0.25) is 0 Å². The Bertz CT molecular complexity index is 538. The quantitative estimate of drug-likeness (QED) is 0.815. The summed E-state index contributed by atoms with van der Waals surface area (Å²) < 4.78 is 5.17. The Morgan fingerprint density at radius 2 is 2.17 bits per heavy atom. The van der Waals surface area contributed by atoms with E-state index in [0.29, 0.717) is 5.41 Å². The van der Waals surface area contributed by atoms with Crippen molar-refractivity contribution >= 4 is 6.03 Å². The average Bonchev–Trinajstić information content (AvgIpc) is 3.06. The fraction of sp³-hybridized carbons (Fsp3) is 0.632. The van der Waals surface area contributed by atoms with E-state index in [4.69, 9.17) is 4.74 Å². The maximum Gasteiger partial charge on any atom is 0.317 e. The minimum atomic E-state index is 0.107. The van der Waals surface area contributed by atoms with Crippen molar-refractivity contribution in [1.82, 2.24) is 15.5 Å². The van der Waals surface area contributed by atoms with Crippen LogP contribution in [0.15, 0.2) is 24.3 Å². The summed E-state index contributed by atoms with van der Waals surface area (Å²) in [5, 5.41) is 6.55. The maximum atomic E-state index is 12.4. The van der Waals surface area contributed by atoms with Crippen LogP contribution in [0, 0.1) is 5.41 Å². The molecular weight excluding hydrogens is 302 g/mol. The lowest BCUT2D eigenvalue weighted by molar-refractivity contribution is 0.118. The number of urea groups is 1. The number of nitrogens with one attached hydrogen (secondary N) is 2. The molecule has 2 saturated heterocycles. The topological polar surface area (TPSA) is 53.6 Å². The van der Waals surface area contributed by atoms with Gasteiger partial charge in [0, 0.05) is 31.6 Å². The molecule has 24 heavy (non-hydrogen) atoms. The number of likely N-dealkylation sites (tertiary alicyclic amines) is 1. The van der Waals surface area contributed by atoms with Gasteiger partial charge in [0.15, 0.2) is 0 Å². The number of hydrogen-bond donors (Lipinski definition) is 2. The van der Waals surface area contributed by atoms with Crippen LogP contribution in [0.4, 0.5) is 4.79 Å². The Balaban J connectivity index is 1.39. The average molecular weight is 331 g/mol. The van der Waals surface area contributed by atoms with Crippen LogP contribution in [-0.2, 0) is 6.42 Å². The monoisotopic (exact) mass is 331 g/mol. The van der Waals surface area contributed by atoms with E-state index in [2.05, 4.69) is 22.8 Å². The number of amides is 2. The van der Waals surface area contributed by atoms with E-state index >= 15 is 0 Å². The second-order valence-corrected chi connectivity index (χ2v) is 7.14. The van der Waals surface area contributed by atoms with Crippen molar-refractivity contribution < 1.29 is 9.53 Å². The fourth-order valence-corrected chi connectivity index (χ4v) is 3.92. The summed E-state index contributed by atoms with van der Waals surface area (Å²) in [6.07, 6.45) is 5.51. The van der Waals surface area contributed by atoms with Gasteiger partial charge in [0.1, 0.15) is 5.75 Å². The first-order valence-electron chi connectivity index (χ1n) is 9.07. The molecule has 1 spiro atoms. The molecule has 0 radical (unpaired) electrons. The smallest absolute Gasteiger partial charge is 0.317 e. The van der Waals surface area contributed by atoms with Crippen molar-refractivity contribution in [2.75, 3.05) is 39.8 Å². The summed E-state index contributed by atoms with van der Waals surface area (Å²) in [6.45, 7) is 4.69. The Morgan fingerprint density at radius 3 is 2.88 bits per heavy atom. The van der Waals surface area contributed by atoms with Crippen LogP contribution in [0.3, 0.4) is 0 Å². The van der Waals surface area contributed by atoms with Gasteiger partial charge < -0.3 is 20.3 Å². The predicted molar refractivity (Wildman–Crippen MR) is 95.4 cm³/mol. The van der Waals surface area contributed by atoms with Gasteiger partial charge in [0.05, 0.1) is 7.11 Å². The number of benzene rings is 1. The third kappa shape index (κ3) is 4.20. The van der Waals surface area contributed by atoms with Crippen molar-refractivity contribution in [3.05, 3.63) is 29.8 Å². The predicted octanol–water partition coefficient (Wildman–Crippen LogP) is 2.41. The van der Waals surface area contributed by atoms with Crippen LogP contribution < -0.4 is 15.4 Å². The molecule has 2 fully saturated rings. The lowest BCUT2D eigenvalue weighted by Gasteiger charge is -2.39. The van der Waals surface area contributed by atoms with Gasteiger partial charge in [-0.2, -0.15) is 0 Å². The number of methoxy groups -OCH3 is 1. The van der Waals surface area contributed by atoms with E-state index in [1.165, 1.54) is 18.4 Å². The number of ether oxygens (including phenoxy) is 1. The first-order chi connectivity index (χ1) is 11.7. The first-order valence-corrected chi connectivity index (χ1v) is 9.07. The van der Waals surface area contributed by atoms with Gasteiger partial charge in [-0.15, -0.1) is 0 Å². The Hall–Kier alpha value is -1.75. The molecule has 0 unspecified atom stereocenters. The number of carbonyl (C=O) groups is 1. The van der Waals surface area contributed by atoms with Crippen molar-refractivity contribution in [1.29, 1.82) is 0 Å². The van der Waals surface area contributed by atoms with E-state index in [1.807, 2.05) is 17.0 Å². The zero-order valence-electron chi connectivity index (χ0n) is 14.6. The van der Waals surface area contributed by atoms with Crippen molar-refractivity contribution in [2.24, 2.45) is 5.41 Å². The number of carbonyl (C=O) groups excluding carboxylic acids is 1. The molecule has 2 N–H and O–H groups in total. The van der Waals surface area contributed by atoms with E-state index in [0.717, 1.165) is 57.7 Å². The number of nitrogens with zero attached hydrogens (tertiary/aromatic N) is 1. The number of piperidine rings is 1. The number of hydrogen-bond acceptors (Lipinski definition) is 3. The lowest BCUT2D eigenvalue weighted by Crippen LogP contribution is -2.50. The molecule has 2 aliphatic rings. The molecule has 5 nitrogen and oxygen atoms in total. The van der Waals surface area contributed by atoms with Crippen molar-refractivity contribution in [3.8, 4) is 5.75 Å². The minimum Gasteiger partial charge on any atom is -0.497 e. The first kappa shape index (κ1) is 17.1. The van der Waals surface area contributed by atoms with Crippen LogP contribution in [0.1, 0.15) is 31.2 Å². The molecule has 1 atom stereocenters. The Morgan fingerprint density at radius 1 is 1.33 bits per heavy atom. The highest BCUT2D eigenvalue weighted by molar-refractivity contribution is 5.74. The highest BCUT2D eigenvalue weighted by Crippen LogP contribution is 2.35. The second kappa shape index (κ2) is 7.88. The zero-order valence-corrected chi connectivity index (χ0v) is 14.6. The summed E-state index contributed by atoms with van der Waals surface area (Å²) in [5.74, 6) is 0.882. The highest BCUT2D eigenvalue weighted by Gasteiger charge is 2.39. The molecule has 2 amide bonds. The largest absolute Gasteiger partial charge is 0.497 e. The van der Waals surface area contributed by atoms with Gasteiger partial charge in [0.25, 0.3) is 0 Å². The van der Waals surface area contributed by atoms with Gasteiger partial charge in [-0.3, -0.25) is 0 Å². The highest BCUT2D eigenvalue weighted by atomic mass is 16.5. The van der Waals surface area contributed by atoms with E-state index in [9.17, 15) is 4.79 Å². The van der Waals surface area contributed by atoms with Crippen molar-refractivity contribution in [2.45, 2.75) is 32.1 Å². The summed E-state index contributed by atoms with van der Waals surface area (Å²) in [4.78, 5) is 14.4. The van der Waals surface area contributed by atoms with E-state index in [-0.39, 0.29) is 6.03 Å². The summed E-state index contributed by atoms with van der Waals surface area (Å²) in [5.41, 5.74) is 1.61. The van der Waals surface area contributed by atoms with Gasteiger partial charge in [-0.05, 0) is 56.3 Å². The van der Waals surface area contributed by atoms with Crippen LogP contribution in [0.5, 0.6) is 5.75 Å². The molecule has 2 heterocycles. The SMILES string of the molecule is COc1ccc(CCCNC(=O)N2CCC[C@]3(CCNC3)C2)cc1. The molecule has 0 aromatic heterocycles. The van der Waals surface area contributed by atoms with Crippen LogP contribution >= 0.6 is 0 Å². The molecule has 3 rings (SSSR count). The molecule has 2 aliphatic heterocycles. The van der Waals surface area contributed by atoms with Crippen molar-refractivity contribution in [3.63, 3.8) is 0 Å². The normalized spacial score (nSPS) is 23.5. The lowest BCUT2D eigenvalue weighted by atomic mass is 9.79.